The van der Waals surface area contributed by atoms with Crippen molar-refractivity contribution >= 4 is 5.97 Å². The number of hydrogen-bond donors (Lipinski definition) is 1. The van der Waals surface area contributed by atoms with Crippen molar-refractivity contribution < 1.29 is 19.4 Å². The number of carboxylic acids is 1. The molecule has 2 rings (SSSR count). The fourth-order valence-corrected chi connectivity index (χ4v) is 1.53. The number of nitrogens with zero attached hydrogens (tertiary/aromatic N) is 3. The van der Waals surface area contributed by atoms with Gasteiger partial charge >= 0.3 is 5.97 Å². The van der Waals surface area contributed by atoms with Crippen molar-refractivity contribution in [3.63, 3.8) is 0 Å². The van der Waals surface area contributed by atoms with Crippen LogP contribution in [-0.2, 0) is 9.47 Å². The van der Waals surface area contributed by atoms with Crippen LogP contribution in [0.1, 0.15) is 16.5 Å². The maximum Gasteiger partial charge on any atom is 0.358 e. The van der Waals surface area contributed by atoms with Crippen LogP contribution in [0.15, 0.2) is 6.20 Å². The predicted octanol–water partition coefficient (Wildman–Crippen LogP) is -0.437. The third kappa shape index (κ3) is 1.83. The van der Waals surface area contributed by atoms with Gasteiger partial charge in [0, 0.05) is 7.11 Å². The highest BCUT2D eigenvalue weighted by Gasteiger charge is 2.31. The molecular weight excluding hydrogens is 202 g/mol. The van der Waals surface area contributed by atoms with Gasteiger partial charge < -0.3 is 14.6 Å². The van der Waals surface area contributed by atoms with Crippen LogP contribution in [0.25, 0.3) is 0 Å². The van der Waals surface area contributed by atoms with Gasteiger partial charge in [-0.05, 0) is 0 Å². The van der Waals surface area contributed by atoms with Crippen molar-refractivity contribution in [3.8, 4) is 0 Å². The van der Waals surface area contributed by atoms with Crippen LogP contribution in [0.5, 0.6) is 0 Å². The first-order valence-electron chi connectivity index (χ1n) is 4.48. The molecule has 1 fully saturated rings. The van der Waals surface area contributed by atoms with Gasteiger partial charge in [0.15, 0.2) is 5.69 Å². The molecule has 2 unspecified atom stereocenters. The van der Waals surface area contributed by atoms with Crippen LogP contribution in [0.2, 0.25) is 0 Å². The van der Waals surface area contributed by atoms with Gasteiger partial charge in [0.1, 0.15) is 12.1 Å². The van der Waals surface area contributed by atoms with Crippen molar-refractivity contribution in [1.29, 1.82) is 0 Å². The first kappa shape index (κ1) is 10.1. The van der Waals surface area contributed by atoms with Crippen molar-refractivity contribution in [3.05, 3.63) is 11.9 Å². The molecule has 2 atom stereocenters. The molecule has 15 heavy (non-hydrogen) atoms. The molecule has 0 amide bonds. The van der Waals surface area contributed by atoms with E-state index in [0.717, 1.165) is 0 Å². The Bertz CT molecular complexity index is 365. The standard InChI is InChI=1S/C8H11N3O4/c1-14-7-4-15-3-6(7)11-2-5(8(12)13)9-10-11/h2,6-7H,3-4H2,1H3,(H,12,13). The summed E-state index contributed by atoms with van der Waals surface area (Å²) in [5, 5.41) is 16.0. The van der Waals surface area contributed by atoms with E-state index in [4.69, 9.17) is 14.6 Å². The Kier molecular flexibility index (Phi) is 2.65. The SMILES string of the molecule is COC1COCC1n1cc(C(=O)O)nn1. The number of carbonyl (C=O) groups is 1. The molecule has 1 aliphatic rings. The van der Waals surface area contributed by atoms with Crippen molar-refractivity contribution in [2.75, 3.05) is 20.3 Å². The lowest BCUT2D eigenvalue weighted by Crippen LogP contribution is -2.24. The summed E-state index contributed by atoms with van der Waals surface area (Å²) in [6.07, 6.45) is 1.28. The quantitative estimate of drug-likeness (QED) is 0.732. The Morgan fingerprint density at radius 3 is 3.13 bits per heavy atom. The zero-order chi connectivity index (χ0) is 10.8. The Hall–Kier alpha value is -1.47. The van der Waals surface area contributed by atoms with Crippen molar-refractivity contribution in [2.45, 2.75) is 12.1 Å². The molecule has 7 heteroatoms. The summed E-state index contributed by atoms with van der Waals surface area (Å²) in [7, 11) is 1.58. The zero-order valence-electron chi connectivity index (χ0n) is 8.16. The number of methoxy groups -OCH3 is 1. The van der Waals surface area contributed by atoms with E-state index in [1.165, 1.54) is 10.9 Å². The van der Waals surface area contributed by atoms with Gasteiger partial charge in [-0.2, -0.15) is 0 Å². The molecule has 0 bridgehead atoms. The van der Waals surface area contributed by atoms with Gasteiger partial charge in [-0.1, -0.05) is 5.21 Å². The molecule has 1 N–H and O–H groups in total. The topological polar surface area (TPSA) is 86.5 Å². The lowest BCUT2D eigenvalue weighted by atomic mass is 10.2. The number of aromatic carboxylic acids is 1. The summed E-state index contributed by atoms with van der Waals surface area (Å²) in [4.78, 5) is 10.6. The second kappa shape index (κ2) is 3.95. The van der Waals surface area contributed by atoms with Crippen LogP contribution in [-0.4, -0.2) is 52.5 Å². The van der Waals surface area contributed by atoms with E-state index in [9.17, 15) is 4.79 Å². The minimum absolute atomic E-state index is 0.0725. The zero-order valence-corrected chi connectivity index (χ0v) is 8.16. The smallest absolute Gasteiger partial charge is 0.358 e. The van der Waals surface area contributed by atoms with E-state index in [2.05, 4.69) is 10.3 Å². The molecule has 0 saturated carbocycles. The third-order valence-corrected chi connectivity index (χ3v) is 2.37. The van der Waals surface area contributed by atoms with Crippen LogP contribution in [0, 0.1) is 0 Å². The Balaban J connectivity index is 2.18. The van der Waals surface area contributed by atoms with E-state index in [-0.39, 0.29) is 17.8 Å². The third-order valence-electron chi connectivity index (χ3n) is 2.37. The fourth-order valence-electron chi connectivity index (χ4n) is 1.53. The van der Waals surface area contributed by atoms with Gasteiger partial charge in [-0.25, -0.2) is 9.48 Å². The number of rotatable bonds is 3. The monoisotopic (exact) mass is 213 g/mol. The largest absolute Gasteiger partial charge is 0.476 e. The van der Waals surface area contributed by atoms with E-state index in [1.54, 1.807) is 7.11 Å². The van der Waals surface area contributed by atoms with Crippen LogP contribution in [0.3, 0.4) is 0 Å². The summed E-state index contributed by atoms with van der Waals surface area (Å²) in [6.45, 7) is 0.949. The number of ether oxygens (including phenoxy) is 2. The average Bonchev–Trinajstić information content (AvgIpc) is 2.85. The van der Waals surface area contributed by atoms with Crippen LogP contribution >= 0.6 is 0 Å². The Morgan fingerprint density at radius 1 is 1.73 bits per heavy atom. The normalized spacial score (nSPS) is 25.7. The minimum atomic E-state index is -1.09. The van der Waals surface area contributed by atoms with E-state index in [1.807, 2.05) is 0 Å². The summed E-state index contributed by atoms with van der Waals surface area (Å²) in [5.41, 5.74) is -0.0725. The lowest BCUT2D eigenvalue weighted by molar-refractivity contribution is 0.0659. The highest BCUT2D eigenvalue weighted by molar-refractivity contribution is 5.84. The first-order chi connectivity index (χ1) is 7.22. The molecule has 1 saturated heterocycles. The second-order valence-corrected chi connectivity index (χ2v) is 3.27. The minimum Gasteiger partial charge on any atom is -0.476 e. The van der Waals surface area contributed by atoms with Crippen LogP contribution in [0.4, 0.5) is 0 Å². The van der Waals surface area contributed by atoms with Crippen molar-refractivity contribution in [1.82, 2.24) is 15.0 Å². The number of aromatic nitrogens is 3. The predicted molar refractivity (Wildman–Crippen MR) is 47.6 cm³/mol. The van der Waals surface area contributed by atoms with E-state index >= 15 is 0 Å². The van der Waals surface area contributed by atoms with E-state index < -0.39 is 5.97 Å². The summed E-state index contributed by atoms with van der Waals surface area (Å²) in [5.74, 6) is -1.09. The molecule has 0 radical (unpaired) electrons. The summed E-state index contributed by atoms with van der Waals surface area (Å²) >= 11 is 0. The molecule has 2 heterocycles. The fraction of sp³-hybridized carbons (Fsp3) is 0.625. The maximum atomic E-state index is 10.6. The second-order valence-electron chi connectivity index (χ2n) is 3.27. The molecular formula is C8H11N3O4. The van der Waals surface area contributed by atoms with Crippen LogP contribution < -0.4 is 0 Å². The Morgan fingerprint density at radius 2 is 2.53 bits per heavy atom. The molecule has 7 nitrogen and oxygen atoms in total. The molecule has 0 aromatic carbocycles. The van der Waals surface area contributed by atoms with Gasteiger partial charge in [-0.15, -0.1) is 5.10 Å². The molecule has 82 valence electrons. The van der Waals surface area contributed by atoms with Gasteiger partial charge in [0.05, 0.1) is 19.4 Å². The molecule has 0 aliphatic carbocycles. The Labute approximate surface area is 85.6 Å². The molecule has 1 aromatic rings. The highest BCUT2D eigenvalue weighted by Crippen LogP contribution is 2.20. The van der Waals surface area contributed by atoms with Crippen molar-refractivity contribution in [2.24, 2.45) is 0 Å². The lowest BCUT2D eigenvalue weighted by Gasteiger charge is -2.14. The molecule has 1 aromatic heterocycles. The summed E-state index contributed by atoms with van der Waals surface area (Å²) in [6, 6.07) is -0.101. The van der Waals surface area contributed by atoms with Gasteiger partial charge in [-0.3, -0.25) is 0 Å². The number of hydrogen-bond acceptors (Lipinski definition) is 5. The average molecular weight is 213 g/mol. The maximum absolute atomic E-state index is 10.6. The molecule has 0 spiro atoms. The molecule has 1 aliphatic heterocycles. The number of carboxylic acid groups (broad SMARTS) is 1. The van der Waals surface area contributed by atoms with Gasteiger partial charge in [0.25, 0.3) is 0 Å². The van der Waals surface area contributed by atoms with E-state index in [0.29, 0.717) is 13.2 Å². The summed E-state index contributed by atoms with van der Waals surface area (Å²) < 4.78 is 11.9. The first-order valence-corrected chi connectivity index (χ1v) is 4.48. The van der Waals surface area contributed by atoms with Gasteiger partial charge in [0.2, 0.25) is 0 Å². The highest BCUT2D eigenvalue weighted by atomic mass is 16.5.